The van der Waals surface area contributed by atoms with Gasteiger partial charge in [-0.15, -0.1) is 0 Å². The molecule has 2 heteroatoms. The predicted octanol–water partition coefficient (Wildman–Crippen LogP) is 3.14. The van der Waals surface area contributed by atoms with Crippen molar-refractivity contribution in [3.05, 3.63) is 30.0 Å². The minimum absolute atomic E-state index is 0.439. The Morgan fingerprint density at radius 2 is 2.00 bits per heavy atom. The molecule has 0 saturated carbocycles. The van der Waals surface area contributed by atoms with Crippen molar-refractivity contribution >= 4 is 16.7 Å². The van der Waals surface area contributed by atoms with E-state index in [2.05, 4.69) is 19.9 Å². The number of nitrogen functional groups attached to an aromatic ring is 1. The Morgan fingerprint density at radius 1 is 1.23 bits per heavy atom. The summed E-state index contributed by atoms with van der Waals surface area (Å²) in [6.45, 7) is 4.25. The molecule has 0 fully saturated rings. The lowest BCUT2D eigenvalue weighted by Gasteiger charge is -2.08. The highest BCUT2D eigenvalue weighted by atomic mass is 16.3. The molecule has 2 rings (SSSR count). The third-order valence-electron chi connectivity index (χ3n) is 2.32. The Morgan fingerprint density at radius 3 is 2.69 bits per heavy atom. The summed E-state index contributed by atoms with van der Waals surface area (Å²) in [5, 5.41) is 1.07. The van der Waals surface area contributed by atoms with Gasteiger partial charge in [-0.1, -0.05) is 26.0 Å². The van der Waals surface area contributed by atoms with E-state index in [1.165, 1.54) is 0 Å². The predicted molar refractivity (Wildman–Crippen MR) is 54.7 cm³/mol. The Labute approximate surface area is 77.3 Å². The highest BCUT2D eigenvalue weighted by Crippen LogP contribution is 2.30. The van der Waals surface area contributed by atoms with Gasteiger partial charge in [0.05, 0.1) is 12.0 Å². The molecule has 2 N–H and O–H groups in total. The largest absolute Gasteiger partial charge is 0.462 e. The molecule has 0 spiro atoms. The van der Waals surface area contributed by atoms with E-state index in [0.717, 1.165) is 22.2 Å². The van der Waals surface area contributed by atoms with Crippen molar-refractivity contribution in [2.45, 2.75) is 19.8 Å². The zero-order valence-electron chi connectivity index (χ0n) is 7.87. The molecule has 0 aliphatic carbocycles. The minimum Gasteiger partial charge on any atom is -0.462 e. The summed E-state index contributed by atoms with van der Waals surface area (Å²) >= 11 is 0. The Hall–Kier alpha value is -1.44. The van der Waals surface area contributed by atoms with Crippen molar-refractivity contribution in [2.24, 2.45) is 0 Å². The van der Waals surface area contributed by atoms with Crippen LogP contribution in [0.25, 0.3) is 11.0 Å². The van der Waals surface area contributed by atoms with Gasteiger partial charge in [-0.25, -0.2) is 0 Å². The van der Waals surface area contributed by atoms with E-state index >= 15 is 0 Å². The highest BCUT2D eigenvalue weighted by molar-refractivity contribution is 5.89. The van der Waals surface area contributed by atoms with Crippen LogP contribution in [0.3, 0.4) is 0 Å². The maximum atomic E-state index is 5.97. The summed E-state index contributed by atoms with van der Waals surface area (Å²) in [4.78, 5) is 0. The van der Waals surface area contributed by atoms with E-state index in [-0.39, 0.29) is 0 Å². The van der Waals surface area contributed by atoms with Crippen LogP contribution in [0.15, 0.2) is 28.9 Å². The second-order valence-electron chi connectivity index (χ2n) is 3.56. The molecule has 0 amide bonds. The van der Waals surface area contributed by atoms with Crippen LogP contribution in [0.4, 0.5) is 5.69 Å². The molecule has 1 aromatic carbocycles. The molecule has 2 aromatic rings. The van der Waals surface area contributed by atoms with Gasteiger partial charge in [-0.3, -0.25) is 0 Å². The lowest BCUT2D eigenvalue weighted by Crippen LogP contribution is -1.96. The summed E-state index contributed by atoms with van der Waals surface area (Å²) in [5.74, 6) is 0.439. The molecule has 1 heterocycles. The number of rotatable bonds is 1. The van der Waals surface area contributed by atoms with E-state index in [9.17, 15) is 0 Å². The Balaban J connectivity index is 2.73. The zero-order valence-corrected chi connectivity index (χ0v) is 7.87. The summed E-state index contributed by atoms with van der Waals surface area (Å²) in [6, 6.07) is 6.04. The third kappa shape index (κ3) is 1.18. The monoisotopic (exact) mass is 175 g/mol. The molecule has 0 aliphatic rings. The fourth-order valence-corrected chi connectivity index (χ4v) is 1.57. The van der Waals surface area contributed by atoms with E-state index < -0.39 is 0 Å². The molecule has 0 saturated heterocycles. The smallest absolute Gasteiger partial charge is 0.157 e. The van der Waals surface area contributed by atoms with Crippen molar-refractivity contribution in [3.63, 3.8) is 0 Å². The molecule has 0 radical (unpaired) electrons. The minimum atomic E-state index is 0.439. The lowest BCUT2D eigenvalue weighted by atomic mass is 10.0. The van der Waals surface area contributed by atoms with E-state index in [4.69, 9.17) is 10.2 Å². The first-order chi connectivity index (χ1) is 6.20. The van der Waals surface area contributed by atoms with E-state index in [1.54, 1.807) is 6.26 Å². The van der Waals surface area contributed by atoms with Crippen molar-refractivity contribution < 1.29 is 4.42 Å². The van der Waals surface area contributed by atoms with Crippen LogP contribution in [0.5, 0.6) is 0 Å². The number of benzene rings is 1. The first-order valence-corrected chi connectivity index (χ1v) is 4.45. The average molecular weight is 175 g/mol. The van der Waals surface area contributed by atoms with Gasteiger partial charge in [-0.2, -0.15) is 0 Å². The number of hydrogen-bond acceptors (Lipinski definition) is 2. The molecular weight excluding hydrogens is 162 g/mol. The first kappa shape index (κ1) is 8.17. The molecule has 0 atom stereocenters. The van der Waals surface area contributed by atoms with Gasteiger partial charge >= 0.3 is 0 Å². The van der Waals surface area contributed by atoms with Gasteiger partial charge in [0, 0.05) is 5.39 Å². The van der Waals surface area contributed by atoms with Crippen LogP contribution in [0, 0.1) is 0 Å². The van der Waals surface area contributed by atoms with Crippen LogP contribution >= 0.6 is 0 Å². The van der Waals surface area contributed by atoms with Gasteiger partial charge in [0.15, 0.2) is 5.58 Å². The molecule has 68 valence electrons. The molecular formula is C11H13NO. The summed E-state index contributed by atoms with van der Waals surface area (Å²) in [5.41, 5.74) is 8.71. The molecule has 2 nitrogen and oxygen atoms in total. The second kappa shape index (κ2) is 2.80. The molecule has 13 heavy (non-hydrogen) atoms. The molecule has 0 bridgehead atoms. The van der Waals surface area contributed by atoms with Crippen LogP contribution in [-0.4, -0.2) is 0 Å². The standard InChI is InChI=1S/C11H13NO/c1-7(2)9-4-3-8-5-6-13-11(8)10(9)12/h3-7H,12H2,1-2H3. The maximum Gasteiger partial charge on any atom is 0.157 e. The average Bonchev–Trinajstić information content (AvgIpc) is 2.52. The first-order valence-electron chi connectivity index (χ1n) is 4.45. The highest BCUT2D eigenvalue weighted by Gasteiger charge is 2.09. The summed E-state index contributed by atoms with van der Waals surface area (Å²) < 4.78 is 5.31. The van der Waals surface area contributed by atoms with Crippen LogP contribution in [0.2, 0.25) is 0 Å². The van der Waals surface area contributed by atoms with Crippen molar-refractivity contribution in [1.29, 1.82) is 0 Å². The van der Waals surface area contributed by atoms with Crippen molar-refractivity contribution in [3.8, 4) is 0 Å². The number of hydrogen-bond donors (Lipinski definition) is 1. The quantitative estimate of drug-likeness (QED) is 0.676. The zero-order chi connectivity index (χ0) is 9.42. The Bertz CT molecular complexity index is 429. The number of fused-ring (bicyclic) bond motifs is 1. The van der Waals surface area contributed by atoms with Gasteiger partial charge in [0.25, 0.3) is 0 Å². The topological polar surface area (TPSA) is 39.2 Å². The summed E-state index contributed by atoms with van der Waals surface area (Å²) in [6.07, 6.45) is 1.67. The maximum absolute atomic E-state index is 5.97. The number of furan rings is 1. The molecule has 0 unspecified atom stereocenters. The summed E-state index contributed by atoms with van der Waals surface area (Å²) in [7, 11) is 0. The SMILES string of the molecule is CC(C)c1ccc2ccoc2c1N. The van der Waals surface area contributed by atoms with Crippen LogP contribution < -0.4 is 5.73 Å². The molecule has 0 aliphatic heterocycles. The van der Waals surface area contributed by atoms with Gasteiger partial charge in [0.1, 0.15) is 0 Å². The fourth-order valence-electron chi connectivity index (χ4n) is 1.57. The lowest BCUT2D eigenvalue weighted by molar-refractivity contribution is 0.616. The Kier molecular flexibility index (Phi) is 1.76. The number of anilines is 1. The van der Waals surface area contributed by atoms with Gasteiger partial charge in [0.2, 0.25) is 0 Å². The van der Waals surface area contributed by atoms with Crippen molar-refractivity contribution in [2.75, 3.05) is 5.73 Å². The van der Waals surface area contributed by atoms with Gasteiger partial charge in [-0.05, 0) is 17.5 Å². The van der Waals surface area contributed by atoms with Crippen LogP contribution in [-0.2, 0) is 0 Å². The molecule has 1 aromatic heterocycles. The second-order valence-corrected chi connectivity index (χ2v) is 3.56. The van der Waals surface area contributed by atoms with E-state index in [0.29, 0.717) is 5.92 Å². The fraction of sp³-hybridized carbons (Fsp3) is 0.273. The van der Waals surface area contributed by atoms with Crippen LogP contribution in [0.1, 0.15) is 25.3 Å². The van der Waals surface area contributed by atoms with E-state index in [1.807, 2.05) is 12.1 Å². The van der Waals surface area contributed by atoms with Gasteiger partial charge < -0.3 is 10.2 Å². The number of nitrogens with two attached hydrogens (primary N) is 1. The normalized spacial score (nSPS) is 11.3. The van der Waals surface area contributed by atoms with Crippen molar-refractivity contribution in [1.82, 2.24) is 0 Å². The third-order valence-corrected chi connectivity index (χ3v) is 2.32.